The third-order valence-electron chi connectivity index (χ3n) is 5.24. The molecule has 2 heterocycles. The molecule has 1 aromatic rings. The first-order chi connectivity index (χ1) is 13.9. The molecule has 1 fully saturated rings. The summed E-state index contributed by atoms with van der Waals surface area (Å²) >= 11 is 0. The highest BCUT2D eigenvalue weighted by Crippen LogP contribution is 2.25. The Morgan fingerprint density at radius 2 is 2.14 bits per heavy atom. The maximum Gasteiger partial charge on any atom is 0.254 e. The van der Waals surface area contributed by atoms with Crippen molar-refractivity contribution in [3.05, 3.63) is 53.6 Å². The van der Waals surface area contributed by atoms with Crippen LogP contribution in [-0.4, -0.2) is 28.9 Å². The van der Waals surface area contributed by atoms with E-state index in [1.165, 1.54) is 6.42 Å². The topological polar surface area (TPSA) is 130 Å². The van der Waals surface area contributed by atoms with Crippen LogP contribution in [0.3, 0.4) is 0 Å². The number of pyridine rings is 1. The summed E-state index contributed by atoms with van der Waals surface area (Å²) in [4.78, 5) is 20.9. The zero-order chi connectivity index (χ0) is 20.9. The number of anilines is 1. The van der Waals surface area contributed by atoms with Gasteiger partial charge in [-0.2, -0.15) is 4.99 Å². The molecular formula is C21H29N7O. The van der Waals surface area contributed by atoms with E-state index in [0.29, 0.717) is 29.8 Å². The molecule has 0 saturated heterocycles. The van der Waals surface area contributed by atoms with Gasteiger partial charge in [-0.05, 0) is 37.5 Å². The van der Waals surface area contributed by atoms with Gasteiger partial charge in [0.25, 0.3) is 5.91 Å². The fraction of sp³-hybridized carbons (Fsp3) is 0.381. The second kappa shape index (κ2) is 8.91. The van der Waals surface area contributed by atoms with Gasteiger partial charge in [0.2, 0.25) is 5.96 Å². The molecule has 154 valence electrons. The largest absolute Gasteiger partial charge is 0.365 e. The van der Waals surface area contributed by atoms with Crippen molar-refractivity contribution >= 4 is 23.8 Å². The maximum atomic E-state index is 12.1. The number of hydrogen-bond donors (Lipinski definition) is 5. The molecule has 2 aliphatic rings. The fourth-order valence-electron chi connectivity index (χ4n) is 3.61. The Morgan fingerprint density at radius 1 is 1.38 bits per heavy atom. The SMILES string of the molecule is C=Cc1ccnc(NC2=C(C(N)=O)C(=CC)NC(NCC3(N)CCCCC3)=N2)c1. The molecule has 3 rings (SSSR count). The van der Waals surface area contributed by atoms with Gasteiger partial charge in [-0.1, -0.05) is 38.0 Å². The van der Waals surface area contributed by atoms with Gasteiger partial charge in [0.05, 0.1) is 5.70 Å². The molecule has 1 aromatic heterocycles. The van der Waals surface area contributed by atoms with Gasteiger partial charge in [-0.25, -0.2) is 4.98 Å². The average Bonchev–Trinajstić information content (AvgIpc) is 2.72. The van der Waals surface area contributed by atoms with Crippen molar-refractivity contribution in [3.8, 4) is 0 Å². The van der Waals surface area contributed by atoms with Crippen LogP contribution in [0.25, 0.3) is 6.08 Å². The Hall–Kier alpha value is -3.13. The molecule has 0 unspecified atom stereocenters. The van der Waals surface area contributed by atoms with Crippen molar-refractivity contribution in [2.75, 3.05) is 11.9 Å². The Kier molecular flexibility index (Phi) is 6.33. The number of carbonyl (C=O) groups is 1. The van der Waals surface area contributed by atoms with Crippen molar-refractivity contribution < 1.29 is 4.79 Å². The van der Waals surface area contributed by atoms with E-state index in [-0.39, 0.29) is 11.1 Å². The van der Waals surface area contributed by atoms with E-state index in [0.717, 1.165) is 31.2 Å². The van der Waals surface area contributed by atoms with Gasteiger partial charge in [0, 0.05) is 18.3 Å². The van der Waals surface area contributed by atoms with Crippen LogP contribution >= 0.6 is 0 Å². The molecular weight excluding hydrogens is 366 g/mol. The van der Waals surface area contributed by atoms with Gasteiger partial charge in [0.1, 0.15) is 11.4 Å². The number of nitrogens with zero attached hydrogens (tertiary/aromatic N) is 2. The Bertz CT molecular complexity index is 879. The quantitative estimate of drug-likeness (QED) is 0.500. The zero-order valence-corrected chi connectivity index (χ0v) is 16.8. The first-order valence-electron chi connectivity index (χ1n) is 9.89. The minimum Gasteiger partial charge on any atom is -0.365 e. The second-order valence-electron chi connectivity index (χ2n) is 7.46. The average molecular weight is 396 g/mol. The summed E-state index contributed by atoms with van der Waals surface area (Å²) in [6.45, 7) is 6.19. The number of aliphatic imine (C=N–C) groups is 1. The maximum absolute atomic E-state index is 12.1. The number of guanidine groups is 1. The minimum atomic E-state index is -0.585. The van der Waals surface area contributed by atoms with Crippen LogP contribution in [-0.2, 0) is 4.79 Å². The molecule has 0 spiro atoms. The first kappa shape index (κ1) is 20.6. The molecule has 8 heteroatoms. The highest BCUT2D eigenvalue weighted by atomic mass is 16.1. The van der Waals surface area contributed by atoms with E-state index in [9.17, 15) is 4.79 Å². The lowest BCUT2D eigenvalue weighted by Crippen LogP contribution is -2.54. The zero-order valence-electron chi connectivity index (χ0n) is 16.8. The van der Waals surface area contributed by atoms with Gasteiger partial charge in [0.15, 0.2) is 5.82 Å². The van der Waals surface area contributed by atoms with Gasteiger partial charge in [-0.15, -0.1) is 0 Å². The lowest BCUT2D eigenvalue weighted by atomic mass is 9.82. The molecule has 1 aliphatic carbocycles. The molecule has 29 heavy (non-hydrogen) atoms. The third kappa shape index (κ3) is 5.03. The summed E-state index contributed by atoms with van der Waals surface area (Å²) in [7, 11) is 0. The molecule has 0 radical (unpaired) electrons. The molecule has 0 bridgehead atoms. The van der Waals surface area contributed by atoms with Crippen molar-refractivity contribution in [2.45, 2.75) is 44.6 Å². The van der Waals surface area contributed by atoms with Crippen LogP contribution in [0.1, 0.15) is 44.6 Å². The molecule has 8 nitrogen and oxygen atoms in total. The van der Waals surface area contributed by atoms with Crippen LogP contribution in [0.15, 0.2) is 53.1 Å². The van der Waals surface area contributed by atoms with Gasteiger partial charge >= 0.3 is 0 Å². The van der Waals surface area contributed by atoms with Crippen LogP contribution in [0, 0.1) is 0 Å². The van der Waals surface area contributed by atoms with Crippen LogP contribution < -0.4 is 27.4 Å². The molecule has 0 atom stereocenters. The van der Waals surface area contributed by atoms with E-state index in [2.05, 4.69) is 32.5 Å². The summed E-state index contributed by atoms with van der Waals surface area (Å²) in [5.74, 6) is 0.800. The van der Waals surface area contributed by atoms with E-state index >= 15 is 0 Å². The number of hydrogen-bond acceptors (Lipinski definition) is 7. The predicted molar refractivity (Wildman–Crippen MR) is 117 cm³/mol. The molecule has 1 amide bonds. The Balaban J connectivity index is 1.87. The third-order valence-corrected chi connectivity index (χ3v) is 5.24. The predicted octanol–water partition coefficient (Wildman–Crippen LogP) is 1.95. The smallest absolute Gasteiger partial charge is 0.254 e. The lowest BCUT2D eigenvalue weighted by molar-refractivity contribution is -0.114. The summed E-state index contributed by atoms with van der Waals surface area (Å²) < 4.78 is 0. The monoisotopic (exact) mass is 395 g/mol. The minimum absolute atomic E-state index is 0.250. The number of amides is 1. The van der Waals surface area contributed by atoms with Crippen LogP contribution in [0.2, 0.25) is 0 Å². The van der Waals surface area contributed by atoms with Crippen molar-refractivity contribution in [2.24, 2.45) is 16.5 Å². The number of allylic oxidation sites excluding steroid dienone is 1. The number of primary amides is 1. The van der Waals surface area contributed by atoms with E-state index in [1.807, 2.05) is 19.1 Å². The number of aromatic nitrogens is 1. The standard InChI is InChI=1S/C21H29N7O/c1-3-14-8-11-24-16(12-14)27-19-17(18(22)29)15(4-2)26-20(28-19)25-13-21(23)9-6-5-7-10-21/h3-4,8,11-12H,1,5-7,9-10,13,23H2,2H3,(H2,22,29)(H,24,27)(H2,25,26,28). The number of rotatable bonds is 6. The molecule has 1 aliphatic heterocycles. The number of nitrogens with one attached hydrogen (secondary N) is 3. The molecule has 1 saturated carbocycles. The summed E-state index contributed by atoms with van der Waals surface area (Å²) in [5.41, 5.74) is 13.6. The van der Waals surface area contributed by atoms with Crippen molar-refractivity contribution in [3.63, 3.8) is 0 Å². The van der Waals surface area contributed by atoms with E-state index in [1.54, 1.807) is 18.3 Å². The number of nitrogens with two attached hydrogens (primary N) is 2. The normalized spacial score (nSPS) is 19.9. The lowest BCUT2D eigenvalue weighted by Gasteiger charge is -2.34. The second-order valence-corrected chi connectivity index (χ2v) is 7.46. The Labute approximate surface area is 171 Å². The molecule has 0 aromatic carbocycles. The Morgan fingerprint density at radius 3 is 2.79 bits per heavy atom. The van der Waals surface area contributed by atoms with E-state index < -0.39 is 5.91 Å². The number of carbonyl (C=O) groups excluding carboxylic acids is 1. The highest BCUT2D eigenvalue weighted by Gasteiger charge is 2.29. The van der Waals surface area contributed by atoms with Crippen LogP contribution in [0.4, 0.5) is 5.82 Å². The van der Waals surface area contributed by atoms with E-state index in [4.69, 9.17) is 11.5 Å². The molecule has 7 N–H and O–H groups in total. The summed E-state index contributed by atoms with van der Waals surface area (Å²) in [6.07, 6.45) is 10.6. The van der Waals surface area contributed by atoms with Crippen molar-refractivity contribution in [1.29, 1.82) is 0 Å². The fourth-order valence-corrected chi connectivity index (χ4v) is 3.61. The summed E-state index contributed by atoms with van der Waals surface area (Å²) in [6, 6.07) is 3.65. The van der Waals surface area contributed by atoms with Crippen LogP contribution in [0.5, 0.6) is 0 Å². The van der Waals surface area contributed by atoms with Crippen molar-refractivity contribution in [1.82, 2.24) is 15.6 Å². The van der Waals surface area contributed by atoms with Gasteiger partial charge in [-0.3, -0.25) is 4.79 Å². The summed E-state index contributed by atoms with van der Waals surface area (Å²) in [5, 5.41) is 9.55. The highest BCUT2D eigenvalue weighted by molar-refractivity contribution is 6.01. The first-order valence-corrected chi connectivity index (χ1v) is 9.89. The van der Waals surface area contributed by atoms with Gasteiger partial charge < -0.3 is 27.4 Å².